The second-order valence-corrected chi connectivity index (χ2v) is 7.18. The molecule has 0 saturated heterocycles. The Kier molecular flexibility index (Phi) is 2.82. The molecule has 1 aliphatic heterocycles. The predicted octanol–water partition coefficient (Wildman–Crippen LogP) is 3.14. The van der Waals surface area contributed by atoms with Gasteiger partial charge in [0.2, 0.25) is 0 Å². The van der Waals surface area contributed by atoms with Crippen LogP contribution in [0.3, 0.4) is 0 Å². The molecule has 1 heterocycles. The van der Waals surface area contributed by atoms with Gasteiger partial charge in [0.15, 0.2) is 0 Å². The summed E-state index contributed by atoms with van der Waals surface area (Å²) >= 11 is 0.672. The summed E-state index contributed by atoms with van der Waals surface area (Å²) in [7, 11) is 0. The number of hydrogen-bond acceptors (Lipinski definition) is 0. The Labute approximate surface area is 109 Å². The standard InChI is InChI=1S/C16H16Se/c1-16(13-7-3-2-4-8-13)11-12-17-15-10-6-5-9-14(15)16/h2-10H,11-12H2,1H3. The van der Waals surface area contributed by atoms with Crippen LogP contribution >= 0.6 is 0 Å². The molecule has 1 heteroatoms. The summed E-state index contributed by atoms with van der Waals surface area (Å²) in [6.07, 6.45) is 1.29. The summed E-state index contributed by atoms with van der Waals surface area (Å²) in [5.41, 5.74) is 3.23. The minimum atomic E-state index is 0.220. The van der Waals surface area contributed by atoms with E-state index >= 15 is 0 Å². The molecule has 2 aromatic carbocycles. The van der Waals surface area contributed by atoms with Crippen molar-refractivity contribution in [2.24, 2.45) is 0 Å². The number of fused-ring (bicyclic) bond motifs is 1. The molecule has 0 aliphatic carbocycles. The van der Waals surface area contributed by atoms with Crippen molar-refractivity contribution in [2.75, 3.05) is 0 Å². The van der Waals surface area contributed by atoms with Crippen LogP contribution in [-0.2, 0) is 5.41 Å². The Morgan fingerprint density at radius 1 is 0.941 bits per heavy atom. The first kappa shape index (κ1) is 11.1. The van der Waals surface area contributed by atoms with Gasteiger partial charge in [0.05, 0.1) is 0 Å². The first-order valence-electron chi connectivity index (χ1n) is 6.08. The van der Waals surface area contributed by atoms with Gasteiger partial charge in [0.25, 0.3) is 0 Å². The third kappa shape index (κ3) is 1.84. The van der Waals surface area contributed by atoms with Crippen LogP contribution in [0.25, 0.3) is 0 Å². The molecule has 1 aliphatic rings. The van der Waals surface area contributed by atoms with Gasteiger partial charge >= 0.3 is 109 Å². The van der Waals surface area contributed by atoms with E-state index in [1.54, 1.807) is 10.0 Å². The molecular weight excluding hydrogens is 271 g/mol. The molecule has 3 rings (SSSR count). The molecule has 17 heavy (non-hydrogen) atoms. The molecule has 86 valence electrons. The quantitative estimate of drug-likeness (QED) is 0.707. The Bertz CT molecular complexity index is 518. The normalized spacial score (nSPS) is 23.1. The third-order valence-corrected chi connectivity index (χ3v) is 6.01. The van der Waals surface area contributed by atoms with Crippen molar-refractivity contribution in [3.05, 3.63) is 65.7 Å². The van der Waals surface area contributed by atoms with Crippen LogP contribution in [0.15, 0.2) is 54.6 Å². The SMILES string of the molecule is CC1(c2ccccc2)CC[Se]c2ccccc21. The van der Waals surface area contributed by atoms with E-state index in [-0.39, 0.29) is 5.41 Å². The molecule has 2 aromatic rings. The van der Waals surface area contributed by atoms with E-state index in [1.165, 1.54) is 17.3 Å². The van der Waals surface area contributed by atoms with Gasteiger partial charge in [-0.25, -0.2) is 0 Å². The van der Waals surface area contributed by atoms with E-state index in [1.807, 2.05) is 0 Å². The first-order valence-corrected chi connectivity index (χ1v) is 8.15. The van der Waals surface area contributed by atoms with E-state index in [2.05, 4.69) is 61.5 Å². The van der Waals surface area contributed by atoms with Crippen molar-refractivity contribution >= 4 is 19.4 Å². The van der Waals surface area contributed by atoms with Gasteiger partial charge in [-0.3, -0.25) is 0 Å². The topological polar surface area (TPSA) is 0 Å². The van der Waals surface area contributed by atoms with E-state index in [0.717, 1.165) is 0 Å². The van der Waals surface area contributed by atoms with Crippen LogP contribution in [-0.4, -0.2) is 15.0 Å². The van der Waals surface area contributed by atoms with E-state index in [0.29, 0.717) is 15.0 Å². The van der Waals surface area contributed by atoms with E-state index in [9.17, 15) is 0 Å². The van der Waals surface area contributed by atoms with Crippen molar-refractivity contribution in [3.63, 3.8) is 0 Å². The minimum absolute atomic E-state index is 0.220. The Balaban J connectivity index is 2.16. The molecule has 0 saturated carbocycles. The molecule has 1 atom stereocenters. The summed E-state index contributed by atoms with van der Waals surface area (Å²) in [6, 6.07) is 20.0. The molecule has 0 aromatic heterocycles. The Morgan fingerprint density at radius 3 is 2.47 bits per heavy atom. The van der Waals surface area contributed by atoms with Crippen molar-refractivity contribution < 1.29 is 0 Å². The van der Waals surface area contributed by atoms with Gasteiger partial charge in [-0.1, -0.05) is 0 Å². The second kappa shape index (κ2) is 4.33. The maximum atomic E-state index is 2.40. The van der Waals surface area contributed by atoms with Gasteiger partial charge < -0.3 is 0 Å². The molecule has 0 bridgehead atoms. The maximum absolute atomic E-state index is 2.40. The molecule has 0 radical (unpaired) electrons. The molecule has 0 spiro atoms. The summed E-state index contributed by atoms with van der Waals surface area (Å²) in [6.45, 7) is 2.40. The van der Waals surface area contributed by atoms with Crippen molar-refractivity contribution in [1.29, 1.82) is 0 Å². The van der Waals surface area contributed by atoms with Crippen LogP contribution in [0, 0.1) is 0 Å². The molecular formula is C16H16Se. The van der Waals surface area contributed by atoms with Crippen LogP contribution < -0.4 is 4.46 Å². The van der Waals surface area contributed by atoms with Crippen molar-refractivity contribution in [1.82, 2.24) is 0 Å². The summed E-state index contributed by atoms with van der Waals surface area (Å²) in [5, 5.41) is 1.36. The first-order chi connectivity index (χ1) is 8.31. The van der Waals surface area contributed by atoms with Crippen molar-refractivity contribution in [2.45, 2.75) is 24.1 Å². The second-order valence-electron chi connectivity index (χ2n) is 4.79. The molecule has 0 fully saturated rings. The molecule has 0 amide bonds. The Morgan fingerprint density at radius 2 is 1.65 bits per heavy atom. The van der Waals surface area contributed by atoms with Gasteiger partial charge in [0, 0.05) is 0 Å². The Hall–Kier alpha value is -1.04. The van der Waals surface area contributed by atoms with Gasteiger partial charge in [-0.15, -0.1) is 0 Å². The fourth-order valence-electron chi connectivity index (χ4n) is 2.65. The molecule has 1 unspecified atom stereocenters. The van der Waals surface area contributed by atoms with E-state index in [4.69, 9.17) is 0 Å². The van der Waals surface area contributed by atoms with E-state index < -0.39 is 0 Å². The third-order valence-electron chi connectivity index (χ3n) is 3.75. The fraction of sp³-hybridized carbons (Fsp3) is 0.250. The van der Waals surface area contributed by atoms with Crippen LogP contribution in [0.1, 0.15) is 24.5 Å². The summed E-state index contributed by atoms with van der Waals surface area (Å²) in [4.78, 5) is 0. The number of benzene rings is 2. The van der Waals surface area contributed by atoms with Crippen LogP contribution in [0.5, 0.6) is 0 Å². The van der Waals surface area contributed by atoms with Crippen molar-refractivity contribution in [3.8, 4) is 0 Å². The number of rotatable bonds is 1. The average Bonchev–Trinajstić information content (AvgIpc) is 2.40. The van der Waals surface area contributed by atoms with Gasteiger partial charge in [0.1, 0.15) is 0 Å². The number of hydrogen-bond donors (Lipinski definition) is 0. The molecule has 0 nitrogen and oxygen atoms in total. The average molecular weight is 287 g/mol. The zero-order valence-electron chi connectivity index (χ0n) is 10.0. The van der Waals surface area contributed by atoms with Gasteiger partial charge in [-0.05, 0) is 0 Å². The molecule has 0 N–H and O–H groups in total. The summed E-state index contributed by atoms with van der Waals surface area (Å²) in [5.74, 6) is 0. The van der Waals surface area contributed by atoms with Crippen LogP contribution in [0.4, 0.5) is 0 Å². The zero-order chi connectivity index (χ0) is 11.7. The summed E-state index contributed by atoms with van der Waals surface area (Å²) < 4.78 is 1.60. The fourth-order valence-corrected chi connectivity index (χ4v) is 5.49. The van der Waals surface area contributed by atoms with Gasteiger partial charge in [-0.2, -0.15) is 0 Å². The van der Waals surface area contributed by atoms with Crippen LogP contribution in [0.2, 0.25) is 5.32 Å². The predicted molar refractivity (Wildman–Crippen MR) is 74.2 cm³/mol. The monoisotopic (exact) mass is 288 g/mol. The zero-order valence-corrected chi connectivity index (χ0v) is 11.7.